The topological polar surface area (TPSA) is 9.23 Å². The lowest BCUT2D eigenvalue weighted by Crippen LogP contribution is -1.87. The summed E-state index contributed by atoms with van der Waals surface area (Å²) in [5.74, 6) is 0.947. The Bertz CT molecular complexity index is 250. The minimum atomic E-state index is 0.875. The molecule has 0 saturated carbocycles. The molecule has 1 aromatic carbocycles. The van der Waals surface area contributed by atoms with Gasteiger partial charge in [-0.1, -0.05) is 22.0 Å². The van der Waals surface area contributed by atoms with Crippen molar-refractivity contribution in [1.29, 1.82) is 0 Å². The van der Waals surface area contributed by atoms with Crippen molar-refractivity contribution in [3.05, 3.63) is 27.3 Å². The van der Waals surface area contributed by atoms with Crippen LogP contribution in [0.25, 0.3) is 0 Å². The first kappa shape index (κ1) is 9.32. The Balaban J connectivity index is 3.02. The van der Waals surface area contributed by atoms with Gasteiger partial charge in [0.2, 0.25) is 0 Å². The van der Waals surface area contributed by atoms with E-state index in [1.165, 1.54) is 5.56 Å². The van der Waals surface area contributed by atoms with Crippen LogP contribution in [0.3, 0.4) is 0 Å². The van der Waals surface area contributed by atoms with Crippen molar-refractivity contribution >= 4 is 38.5 Å². The molecule has 0 aliphatic rings. The minimum Gasteiger partial charge on any atom is -0.496 e. The van der Waals surface area contributed by atoms with Crippen molar-refractivity contribution in [2.75, 3.05) is 7.11 Å². The molecule has 0 fully saturated rings. The lowest BCUT2D eigenvalue weighted by atomic mass is 10.2. The molecule has 0 spiro atoms. The monoisotopic (exact) mass is 326 g/mol. The van der Waals surface area contributed by atoms with E-state index < -0.39 is 0 Å². The van der Waals surface area contributed by atoms with E-state index in [0.29, 0.717) is 0 Å². The van der Waals surface area contributed by atoms with Crippen LogP contribution in [0.2, 0.25) is 0 Å². The van der Waals surface area contributed by atoms with Gasteiger partial charge in [0.25, 0.3) is 0 Å². The average molecular weight is 327 g/mol. The second-order valence-corrected chi connectivity index (χ2v) is 3.83. The van der Waals surface area contributed by atoms with E-state index in [4.69, 9.17) is 4.74 Å². The Morgan fingerprint density at radius 2 is 2.27 bits per heavy atom. The molecule has 11 heavy (non-hydrogen) atoms. The predicted molar refractivity (Wildman–Crippen MR) is 58.3 cm³/mol. The smallest absolute Gasteiger partial charge is 0.132 e. The van der Waals surface area contributed by atoms with Crippen molar-refractivity contribution < 1.29 is 4.74 Å². The standard InChI is InChI=1S/C8H8BrIO/c1-11-8-4-6(5-9)2-3-7(8)10/h2-4H,5H2,1H3. The van der Waals surface area contributed by atoms with E-state index in [9.17, 15) is 0 Å². The van der Waals surface area contributed by atoms with E-state index in [1.807, 2.05) is 6.07 Å². The van der Waals surface area contributed by atoms with Crippen LogP contribution in [0.15, 0.2) is 18.2 Å². The van der Waals surface area contributed by atoms with Crippen molar-refractivity contribution in [1.82, 2.24) is 0 Å². The van der Waals surface area contributed by atoms with Gasteiger partial charge in [-0.25, -0.2) is 0 Å². The fourth-order valence-corrected chi connectivity index (χ4v) is 1.69. The second kappa shape index (κ2) is 4.30. The van der Waals surface area contributed by atoms with Crippen LogP contribution in [0.5, 0.6) is 5.75 Å². The van der Waals surface area contributed by atoms with Crippen LogP contribution in [0.4, 0.5) is 0 Å². The molecule has 0 atom stereocenters. The number of hydrogen-bond donors (Lipinski definition) is 0. The lowest BCUT2D eigenvalue weighted by Gasteiger charge is -2.03. The van der Waals surface area contributed by atoms with Gasteiger partial charge >= 0.3 is 0 Å². The normalized spacial score (nSPS) is 9.73. The van der Waals surface area contributed by atoms with E-state index in [1.54, 1.807) is 7.11 Å². The zero-order valence-corrected chi connectivity index (χ0v) is 9.85. The van der Waals surface area contributed by atoms with Crippen LogP contribution in [0, 0.1) is 3.57 Å². The highest BCUT2D eigenvalue weighted by molar-refractivity contribution is 14.1. The van der Waals surface area contributed by atoms with E-state index in [0.717, 1.165) is 14.6 Å². The van der Waals surface area contributed by atoms with Gasteiger partial charge in [-0.2, -0.15) is 0 Å². The molecule has 0 saturated heterocycles. The fourth-order valence-electron chi connectivity index (χ4n) is 0.787. The first-order valence-electron chi connectivity index (χ1n) is 3.16. The van der Waals surface area contributed by atoms with Gasteiger partial charge in [0, 0.05) is 5.33 Å². The third kappa shape index (κ3) is 2.33. The Kier molecular flexibility index (Phi) is 3.65. The molecule has 0 unspecified atom stereocenters. The maximum atomic E-state index is 5.16. The molecule has 0 aliphatic heterocycles. The molecule has 0 radical (unpaired) electrons. The molecule has 0 aromatic heterocycles. The number of halogens is 2. The summed E-state index contributed by atoms with van der Waals surface area (Å²) < 4.78 is 6.31. The zero-order chi connectivity index (χ0) is 8.27. The summed E-state index contributed by atoms with van der Waals surface area (Å²) in [7, 11) is 1.69. The summed E-state index contributed by atoms with van der Waals surface area (Å²) in [6.45, 7) is 0. The van der Waals surface area contributed by atoms with Gasteiger partial charge < -0.3 is 4.74 Å². The molecular weight excluding hydrogens is 319 g/mol. The molecule has 3 heteroatoms. The van der Waals surface area contributed by atoms with Crippen LogP contribution in [0.1, 0.15) is 5.56 Å². The van der Waals surface area contributed by atoms with Gasteiger partial charge in [0.15, 0.2) is 0 Å². The van der Waals surface area contributed by atoms with E-state index >= 15 is 0 Å². The number of methoxy groups -OCH3 is 1. The van der Waals surface area contributed by atoms with Crippen molar-refractivity contribution in [3.63, 3.8) is 0 Å². The molecule has 1 aromatic rings. The molecule has 0 amide bonds. The lowest BCUT2D eigenvalue weighted by molar-refractivity contribution is 0.411. The Morgan fingerprint density at radius 3 is 2.82 bits per heavy atom. The highest BCUT2D eigenvalue weighted by Crippen LogP contribution is 2.22. The van der Waals surface area contributed by atoms with Gasteiger partial charge in [-0.15, -0.1) is 0 Å². The maximum absolute atomic E-state index is 5.16. The summed E-state index contributed by atoms with van der Waals surface area (Å²) in [6.07, 6.45) is 0. The van der Waals surface area contributed by atoms with Crippen molar-refractivity contribution in [2.45, 2.75) is 5.33 Å². The minimum absolute atomic E-state index is 0.875. The third-order valence-corrected chi connectivity index (χ3v) is 2.91. The fraction of sp³-hybridized carbons (Fsp3) is 0.250. The second-order valence-electron chi connectivity index (χ2n) is 2.10. The molecule has 1 rings (SSSR count). The molecule has 0 aliphatic carbocycles. The number of ether oxygens (including phenoxy) is 1. The first-order chi connectivity index (χ1) is 5.27. The molecule has 0 N–H and O–H groups in total. The number of hydrogen-bond acceptors (Lipinski definition) is 1. The highest BCUT2D eigenvalue weighted by atomic mass is 127. The molecule has 60 valence electrons. The number of benzene rings is 1. The SMILES string of the molecule is COc1cc(CBr)ccc1I. The molecule has 1 nitrogen and oxygen atoms in total. The largest absolute Gasteiger partial charge is 0.496 e. The highest BCUT2D eigenvalue weighted by Gasteiger charge is 1.99. The molecule has 0 heterocycles. The summed E-state index contributed by atoms with van der Waals surface area (Å²) in [5.41, 5.74) is 1.24. The van der Waals surface area contributed by atoms with Crippen LogP contribution < -0.4 is 4.74 Å². The maximum Gasteiger partial charge on any atom is 0.132 e. The first-order valence-corrected chi connectivity index (χ1v) is 5.36. The van der Waals surface area contributed by atoms with Gasteiger partial charge in [-0.3, -0.25) is 0 Å². The van der Waals surface area contributed by atoms with E-state index in [2.05, 4.69) is 50.7 Å². The van der Waals surface area contributed by atoms with Crippen LogP contribution >= 0.6 is 38.5 Å². The molecular formula is C8H8BrIO. The number of rotatable bonds is 2. The zero-order valence-electron chi connectivity index (χ0n) is 6.10. The average Bonchev–Trinajstić information content (AvgIpc) is 2.05. The van der Waals surface area contributed by atoms with Gasteiger partial charge in [-0.05, 0) is 40.3 Å². The van der Waals surface area contributed by atoms with E-state index in [-0.39, 0.29) is 0 Å². The predicted octanol–water partition coefficient (Wildman–Crippen LogP) is 3.19. The number of alkyl halides is 1. The summed E-state index contributed by atoms with van der Waals surface area (Å²) >= 11 is 5.64. The Hall–Kier alpha value is 0.230. The van der Waals surface area contributed by atoms with Gasteiger partial charge in [0.1, 0.15) is 5.75 Å². The third-order valence-electron chi connectivity index (χ3n) is 1.37. The Morgan fingerprint density at radius 1 is 1.55 bits per heavy atom. The molecule has 0 bridgehead atoms. The van der Waals surface area contributed by atoms with Crippen LogP contribution in [-0.2, 0) is 5.33 Å². The summed E-state index contributed by atoms with van der Waals surface area (Å²) in [5, 5.41) is 0.875. The van der Waals surface area contributed by atoms with Gasteiger partial charge in [0.05, 0.1) is 10.7 Å². The van der Waals surface area contributed by atoms with Crippen molar-refractivity contribution in [2.24, 2.45) is 0 Å². The van der Waals surface area contributed by atoms with Crippen LogP contribution in [-0.4, -0.2) is 7.11 Å². The van der Waals surface area contributed by atoms with Crippen molar-refractivity contribution in [3.8, 4) is 5.75 Å². The quantitative estimate of drug-likeness (QED) is 0.599. The summed E-state index contributed by atoms with van der Waals surface area (Å²) in [4.78, 5) is 0. The Labute approximate surface area is 88.4 Å². The summed E-state index contributed by atoms with van der Waals surface area (Å²) in [6, 6.07) is 6.17.